The summed E-state index contributed by atoms with van der Waals surface area (Å²) >= 11 is 1.24. The average Bonchev–Trinajstić information content (AvgIpc) is 2.77. The molecule has 2 amide bonds. The number of anilines is 1. The van der Waals surface area contributed by atoms with Crippen LogP contribution in [0.1, 0.15) is 17.3 Å². The highest BCUT2D eigenvalue weighted by Gasteiger charge is 2.22. The molecule has 31 heavy (non-hydrogen) atoms. The number of carbonyl (C=O) groups excluding carboxylic acids is 3. The monoisotopic (exact) mass is 446 g/mol. The number of rotatable bonds is 9. The Bertz CT molecular complexity index is 947. The molecule has 2 rings (SSSR count). The van der Waals surface area contributed by atoms with E-state index in [1.165, 1.54) is 37.8 Å². The van der Waals surface area contributed by atoms with E-state index in [-0.39, 0.29) is 17.2 Å². The smallest absolute Gasteiger partial charge is 0.340 e. The van der Waals surface area contributed by atoms with Gasteiger partial charge in [-0.15, -0.1) is 11.8 Å². The molecule has 0 aliphatic heterocycles. The van der Waals surface area contributed by atoms with E-state index in [9.17, 15) is 14.4 Å². The molecule has 0 saturated heterocycles. The minimum absolute atomic E-state index is 0.0758. The summed E-state index contributed by atoms with van der Waals surface area (Å²) in [5.41, 5.74) is 0.686. The molecule has 0 saturated carbocycles. The quantitative estimate of drug-likeness (QED) is 0.467. The third-order valence-corrected chi connectivity index (χ3v) is 5.33. The lowest BCUT2D eigenvalue weighted by molar-refractivity contribution is -0.126. The van der Waals surface area contributed by atoms with E-state index in [2.05, 4.69) is 5.32 Å². The molecule has 0 heterocycles. The van der Waals surface area contributed by atoms with Crippen molar-refractivity contribution in [2.24, 2.45) is 0 Å². The molecule has 9 heteroatoms. The fourth-order valence-corrected chi connectivity index (χ4v) is 3.47. The van der Waals surface area contributed by atoms with Gasteiger partial charge in [0.25, 0.3) is 5.91 Å². The maximum absolute atomic E-state index is 12.7. The van der Waals surface area contributed by atoms with Gasteiger partial charge in [0.2, 0.25) is 5.91 Å². The second-order valence-corrected chi connectivity index (χ2v) is 7.69. The Morgan fingerprint density at radius 1 is 1.06 bits per heavy atom. The highest BCUT2D eigenvalue weighted by Crippen LogP contribution is 2.29. The van der Waals surface area contributed by atoms with Gasteiger partial charge in [0.05, 0.1) is 31.2 Å². The van der Waals surface area contributed by atoms with E-state index in [1.807, 2.05) is 0 Å². The lowest BCUT2D eigenvalue weighted by Crippen LogP contribution is -2.30. The van der Waals surface area contributed by atoms with Crippen LogP contribution < -0.4 is 14.8 Å². The number of nitrogens with zero attached hydrogens (tertiary/aromatic N) is 1. The largest absolute Gasteiger partial charge is 0.497 e. The minimum Gasteiger partial charge on any atom is -0.497 e. The zero-order valence-corrected chi connectivity index (χ0v) is 18.9. The van der Waals surface area contributed by atoms with Crippen molar-refractivity contribution >= 4 is 35.2 Å². The number of carbonyl (C=O) groups is 3. The van der Waals surface area contributed by atoms with Crippen molar-refractivity contribution in [1.29, 1.82) is 0 Å². The molecule has 0 unspecified atom stereocenters. The van der Waals surface area contributed by atoms with Gasteiger partial charge in [0.1, 0.15) is 11.5 Å². The van der Waals surface area contributed by atoms with Crippen LogP contribution in [0.25, 0.3) is 0 Å². The SMILES string of the molecule is COc1ccc(OC)c(NC(=O)[C@H](C)OC(=O)c2ccccc2SCC(=O)N(C)C)c1. The number of thioether (sulfide) groups is 1. The van der Waals surface area contributed by atoms with Crippen LogP contribution in [0.5, 0.6) is 11.5 Å². The number of methoxy groups -OCH3 is 2. The summed E-state index contributed by atoms with van der Waals surface area (Å²) in [7, 11) is 6.33. The van der Waals surface area contributed by atoms with Gasteiger partial charge in [0.15, 0.2) is 6.10 Å². The summed E-state index contributed by atoms with van der Waals surface area (Å²) in [6.07, 6.45) is -1.06. The minimum atomic E-state index is -1.06. The normalized spacial score (nSPS) is 11.3. The Balaban J connectivity index is 2.07. The Kier molecular flexibility index (Phi) is 8.75. The standard InChI is InChI=1S/C22H26N2O6S/c1-14(21(26)23-17-12-15(28-4)10-11-18(17)29-5)30-22(27)16-8-6-7-9-19(16)31-13-20(25)24(2)3/h6-12,14H,13H2,1-5H3,(H,23,26)/t14-/m0/s1. The van der Waals surface area contributed by atoms with Gasteiger partial charge < -0.3 is 24.4 Å². The van der Waals surface area contributed by atoms with E-state index in [0.29, 0.717) is 22.1 Å². The Hall–Kier alpha value is -3.20. The number of amides is 2. The third-order valence-electron chi connectivity index (χ3n) is 4.27. The zero-order valence-electron chi connectivity index (χ0n) is 18.1. The van der Waals surface area contributed by atoms with Gasteiger partial charge in [-0.2, -0.15) is 0 Å². The predicted octanol–water partition coefficient (Wildman–Crippen LogP) is 3.07. The first-order valence-corrected chi connectivity index (χ1v) is 10.4. The van der Waals surface area contributed by atoms with Gasteiger partial charge in [-0.1, -0.05) is 12.1 Å². The Morgan fingerprint density at radius 3 is 2.42 bits per heavy atom. The third kappa shape index (κ3) is 6.65. The molecule has 166 valence electrons. The zero-order chi connectivity index (χ0) is 23.0. The van der Waals surface area contributed by atoms with Crippen molar-refractivity contribution in [3.8, 4) is 11.5 Å². The molecule has 0 spiro atoms. The summed E-state index contributed by atoms with van der Waals surface area (Å²) in [5.74, 6) is -0.0798. The lowest BCUT2D eigenvalue weighted by Gasteiger charge is -2.17. The average molecular weight is 447 g/mol. The molecule has 2 aromatic rings. The molecule has 0 fully saturated rings. The number of esters is 1. The first kappa shape index (κ1) is 24.1. The number of hydrogen-bond donors (Lipinski definition) is 1. The Labute approximate surface area is 185 Å². The number of nitrogens with one attached hydrogen (secondary N) is 1. The van der Waals surface area contributed by atoms with Gasteiger partial charge in [0, 0.05) is 25.1 Å². The van der Waals surface area contributed by atoms with E-state index < -0.39 is 18.0 Å². The predicted molar refractivity (Wildman–Crippen MR) is 119 cm³/mol. The maximum Gasteiger partial charge on any atom is 0.340 e. The molecule has 0 bridgehead atoms. The summed E-state index contributed by atoms with van der Waals surface area (Å²) in [6.45, 7) is 1.48. The second-order valence-electron chi connectivity index (χ2n) is 6.68. The fourth-order valence-electron chi connectivity index (χ4n) is 2.45. The Morgan fingerprint density at radius 2 is 1.77 bits per heavy atom. The van der Waals surface area contributed by atoms with Crippen LogP contribution in [0, 0.1) is 0 Å². The number of benzene rings is 2. The van der Waals surface area contributed by atoms with Crippen molar-refractivity contribution in [2.75, 3.05) is 39.4 Å². The summed E-state index contributed by atoms with van der Waals surface area (Å²) in [6, 6.07) is 11.8. The summed E-state index contributed by atoms with van der Waals surface area (Å²) < 4.78 is 15.8. The molecular weight excluding hydrogens is 420 g/mol. The van der Waals surface area contributed by atoms with Gasteiger partial charge in [-0.05, 0) is 31.2 Å². The van der Waals surface area contributed by atoms with E-state index >= 15 is 0 Å². The molecular formula is C22H26N2O6S. The van der Waals surface area contributed by atoms with Crippen molar-refractivity contribution in [1.82, 2.24) is 4.90 Å². The van der Waals surface area contributed by atoms with Crippen LogP contribution in [-0.4, -0.2) is 62.9 Å². The van der Waals surface area contributed by atoms with Gasteiger partial charge in [-0.3, -0.25) is 9.59 Å². The highest BCUT2D eigenvalue weighted by molar-refractivity contribution is 8.00. The molecule has 1 atom stereocenters. The molecule has 0 aliphatic carbocycles. The molecule has 0 radical (unpaired) electrons. The van der Waals surface area contributed by atoms with Crippen LogP contribution in [0.3, 0.4) is 0 Å². The molecule has 1 N–H and O–H groups in total. The van der Waals surface area contributed by atoms with Crippen molar-refractivity contribution < 1.29 is 28.6 Å². The van der Waals surface area contributed by atoms with E-state index in [4.69, 9.17) is 14.2 Å². The van der Waals surface area contributed by atoms with Crippen LogP contribution in [0.4, 0.5) is 5.69 Å². The van der Waals surface area contributed by atoms with E-state index in [0.717, 1.165) is 0 Å². The van der Waals surface area contributed by atoms with Crippen LogP contribution in [-0.2, 0) is 14.3 Å². The molecule has 2 aromatic carbocycles. The van der Waals surface area contributed by atoms with Gasteiger partial charge >= 0.3 is 5.97 Å². The summed E-state index contributed by atoms with van der Waals surface area (Å²) in [5, 5.41) is 2.68. The van der Waals surface area contributed by atoms with Crippen LogP contribution >= 0.6 is 11.8 Å². The summed E-state index contributed by atoms with van der Waals surface area (Å²) in [4.78, 5) is 39.2. The highest BCUT2D eigenvalue weighted by atomic mass is 32.2. The van der Waals surface area contributed by atoms with Crippen LogP contribution in [0.15, 0.2) is 47.4 Å². The molecule has 8 nitrogen and oxygen atoms in total. The number of hydrogen-bond acceptors (Lipinski definition) is 7. The van der Waals surface area contributed by atoms with Crippen molar-refractivity contribution in [3.63, 3.8) is 0 Å². The van der Waals surface area contributed by atoms with Crippen molar-refractivity contribution in [2.45, 2.75) is 17.9 Å². The van der Waals surface area contributed by atoms with Gasteiger partial charge in [-0.25, -0.2) is 4.79 Å². The second kappa shape index (κ2) is 11.3. The molecule has 0 aromatic heterocycles. The molecule has 0 aliphatic rings. The van der Waals surface area contributed by atoms with Crippen LogP contribution in [0.2, 0.25) is 0 Å². The first-order chi connectivity index (χ1) is 14.8. The fraction of sp³-hybridized carbons (Fsp3) is 0.318. The first-order valence-electron chi connectivity index (χ1n) is 9.42. The number of ether oxygens (including phenoxy) is 3. The van der Waals surface area contributed by atoms with E-state index in [1.54, 1.807) is 56.6 Å². The lowest BCUT2D eigenvalue weighted by atomic mass is 10.2. The van der Waals surface area contributed by atoms with Crippen molar-refractivity contribution in [3.05, 3.63) is 48.0 Å². The topological polar surface area (TPSA) is 94.2 Å². The maximum atomic E-state index is 12.7.